The Hall–Kier alpha value is -10.4. The van der Waals surface area contributed by atoms with Gasteiger partial charge in [-0.3, -0.25) is 41.4 Å². The molecule has 0 unspecified atom stereocenters. The second-order valence-electron chi connectivity index (χ2n) is 26.9. The van der Waals surface area contributed by atoms with E-state index in [0.29, 0.717) is 126 Å². The molecule has 12 aromatic rings. The first-order chi connectivity index (χ1) is 49.3. The van der Waals surface area contributed by atoms with Crippen molar-refractivity contribution in [2.24, 2.45) is 60.0 Å². The molecule has 0 N–H and O–H groups in total. The average Bonchev–Trinajstić information content (AvgIpc) is 1.63. The number of halogens is 2. The van der Waals surface area contributed by atoms with Crippen molar-refractivity contribution in [1.29, 1.82) is 0 Å². The predicted molar refractivity (Wildman–Crippen MR) is 369 cm³/mol. The zero-order valence-electron chi connectivity index (χ0n) is 59.0. The molecule has 0 spiro atoms. The minimum Gasteiger partial charge on any atom is -0.494 e. The van der Waals surface area contributed by atoms with Crippen LogP contribution in [0.3, 0.4) is 0 Å². The molecule has 10 aromatic heterocycles. The Morgan fingerprint density at radius 3 is 1.36 bits per heavy atom. The van der Waals surface area contributed by atoms with Crippen LogP contribution in [0.15, 0.2) is 94.9 Å². The summed E-state index contributed by atoms with van der Waals surface area (Å²) in [4.78, 5) is 43.4. The number of nitrogens with zero attached hydrogens (tertiary/aromatic N) is 19. The van der Waals surface area contributed by atoms with E-state index in [2.05, 4.69) is 50.9 Å². The third kappa shape index (κ3) is 14.9. The van der Waals surface area contributed by atoms with Crippen molar-refractivity contribution in [3.63, 3.8) is 0 Å². The van der Waals surface area contributed by atoms with Gasteiger partial charge in [0, 0.05) is 137 Å². The van der Waals surface area contributed by atoms with Crippen LogP contribution in [-0.4, -0.2) is 140 Å². The maximum Gasteiger partial charge on any atom is 0.330 e. The molecule has 10 heterocycles. The highest BCUT2D eigenvalue weighted by molar-refractivity contribution is 5.79. The molecule has 3 saturated carbocycles. The van der Waals surface area contributed by atoms with Crippen molar-refractivity contribution >= 4 is 33.2 Å². The van der Waals surface area contributed by atoms with Crippen molar-refractivity contribution in [3.8, 4) is 51.9 Å². The van der Waals surface area contributed by atoms with Gasteiger partial charge in [0.15, 0.2) is 28.8 Å². The van der Waals surface area contributed by atoms with E-state index in [0.717, 1.165) is 105 Å². The molecule has 0 saturated heterocycles. The quantitative estimate of drug-likeness (QED) is 0.0605. The number of rotatable bonds is 21. The molecule has 2 aromatic carbocycles. The number of hydrogen-bond donors (Lipinski definition) is 0. The molecule has 3 aliphatic carbocycles. The maximum absolute atomic E-state index is 14.5. The van der Waals surface area contributed by atoms with Gasteiger partial charge in [-0.1, -0.05) is 0 Å². The summed E-state index contributed by atoms with van der Waals surface area (Å²) in [5.74, 6) is 4.91. The second kappa shape index (κ2) is 30.5. The minimum absolute atomic E-state index is 0.0586. The molecule has 540 valence electrons. The first-order valence-electron chi connectivity index (χ1n) is 34.4. The van der Waals surface area contributed by atoms with Crippen molar-refractivity contribution in [1.82, 2.24) is 92.3 Å². The third-order valence-electron chi connectivity index (χ3n) is 20.0. The van der Waals surface area contributed by atoms with Crippen LogP contribution >= 0.6 is 0 Å². The van der Waals surface area contributed by atoms with Crippen LogP contribution in [0.5, 0.6) is 17.4 Å². The van der Waals surface area contributed by atoms with Crippen LogP contribution in [0, 0.1) is 36.3 Å². The van der Waals surface area contributed by atoms with Gasteiger partial charge >= 0.3 is 17.1 Å². The van der Waals surface area contributed by atoms with Gasteiger partial charge in [0.25, 0.3) is 17.7 Å². The summed E-state index contributed by atoms with van der Waals surface area (Å²) in [7, 11) is 15.3. The molecule has 102 heavy (non-hydrogen) atoms. The molecule has 15 rings (SSSR count). The Kier molecular flexibility index (Phi) is 20.9. The molecule has 30 nitrogen and oxygen atoms in total. The van der Waals surface area contributed by atoms with Crippen LogP contribution < -0.4 is 31.3 Å². The Bertz CT molecular complexity index is 5070. The largest absolute Gasteiger partial charge is 0.494 e. The van der Waals surface area contributed by atoms with E-state index in [-0.39, 0.29) is 52.9 Å². The highest BCUT2D eigenvalue weighted by Gasteiger charge is 2.32. The molecule has 0 amide bonds. The summed E-state index contributed by atoms with van der Waals surface area (Å²) in [5, 5.41) is 38.1. The van der Waals surface area contributed by atoms with Gasteiger partial charge in [0.2, 0.25) is 23.6 Å². The Labute approximate surface area is 583 Å². The Morgan fingerprint density at radius 2 is 0.912 bits per heavy atom. The second-order valence-corrected chi connectivity index (χ2v) is 26.9. The standard InChI is InChI=1S/C24H29FN6O4.C23H27FN6O3.C23H29N7O4/c1-29-14-17(12-26-29)23-28-27-22(35-23)16-6-4-15(5-7-16)13-31-20-11-21(34-9-8-33-3)18(25)10-19(20)30(2)24(31)32;1-13-9-19(29(3)27-13)22-26-25-21(33-22)15-7-5-14(6-8-15)12-30-18-11-20(32-4)16(24)10-17(18)28(2)23(30)31;1-28-14-17(12-24-28)22-27-26-21(34-22)16-6-4-15(5-7-16)13-30-20-18(29(2)23(30)31)8-9-19(25-20)33-11-10-32-3/h10-12,14-16H,4-9,13H2,1-3H3;9-11,14-15H,5-8,12H2,1-4H3;8-9,12,14-16H,4-7,10-11,13H2,1-3H3. The zero-order chi connectivity index (χ0) is 71.5. The third-order valence-corrected chi connectivity index (χ3v) is 20.0. The summed E-state index contributed by atoms with van der Waals surface area (Å²) in [6.45, 7) is 5.18. The van der Waals surface area contributed by atoms with Gasteiger partial charge in [-0.2, -0.15) is 20.3 Å². The van der Waals surface area contributed by atoms with Crippen molar-refractivity contribution < 1.29 is 45.7 Å². The fourth-order valence-electron chi connectivity index (χ4n) is 14.4. The van der Waals surface area contributed by atoms with Gasteiger partial charge < -0.3 is 36.9 Å². The summed E-state index contributed by atoms with van der Waals surface area (Å²) in [6.07, 6.45) is 18.3. The van der Waals surface area contributed by atoms with Crippen molar-refractivity contribution in [3.05, 3.63) is 134 Å². The smallest absolute Gasteiger partial charge is 0.330 e. The number of aryl methyl sites for hydroxylation is 7. The monoisotopic (exact) mass is 1410 g/mol. The lowest BCUT2D eigenvalue weighted by Gasteiger charge is -2.26. The molecule has 0 bridgehead atoms. The summed E-state index contributed by atoms with van der Waals surface area (Å²) in [5.41, 5.74) is 6.90. The SMILES string of the molecule is COCCOc1cc2c(cc1F)n(C)c(=O)n2CC1CCC(c2nnc(-c3cnn(C)c3)o2)CC1.COCCOc1ccc2c(n1)n(CC1CCC(c3nnc(-c4cnn(C)c4)o3)CC1)c(=O)n2C.COc1cc2c(cc1F)n(C)c(=O)n2CC1CCC(c2nnc(-c3cc(C)nn3C)o2)CC1. The van der Waals surface area contributed by atoms with E-state index < -0.39 is 11.6 Å². The molecule has 0 aliphatic heterocycles. The van der Waals surface area contributed by atoms with E-state index >= 15 is 0 Å². The molecule has 0 radical (unpaired) electrons. The van der Waals surface area contributed by atoms with Crippen LogP contribution in [-0.2, 0) is 71.4 Å². The minimum atomic E-state index is -0.493. The van der Waals surface area contributed by atoms with Crippen LogP contribution in [0.1, 0.15) is 118 Å². The van der Waals surface area contributed by atoms with E-state index in [1.807, 2.05) is 52.6 Å². The van der Waals surface area contributed by atoms with Gasteiger partial charge in [0.1, 0.15) is 18.9 Å². The Morgan fingerprint density at radius 1 is 0.480 bits per heavy atom. The van der Waals surface area contributed by atoms with Crippen LogP contribution in [0.25, 0.3) is 67.7 Å². The number of aromatic nitrogens is 19. The highest BCUT2D eigenvalue weighted by Crippen LogP contribution is 2.41. The van der Waals surface area contributed by atoms with E-state index in [1.165, 1.54) is 28.4 Å². The van der Waals surface area contributed by atoms with E-state index in [9.17, 15) is 23.2 Å². The normalized spacial score (nSPS) is 18.6. The highest BCUT2D eigenvalue weighted by atomic mass is 19.1. The average molecular weight is 1410 g/mol. The first kappa shape index (κ1) is 70.1. The summed E-state index contributed by atoms with van der Waals surface area (Å²) < 4.78 is 87.9. The topological polar surface area (TPSA) is 310 Å². The van der Waals surface area contributed by atoms with Gasteiger partial charge in [0.05, 0.1) is 77.1 Å². The molecular weight excluding hydrogens is 1320 g/mol. The number of fused-ring (bicyclic) bond motifs is 3. The molecule has 32 heteroatoms. The predicted octanol–water partition coefficient (Wildman–Crippen LogP) is 9.33. The van der Waals surface area contributed by atoms with E-state index in [1.54, 1.807) is 98.3 Å². The number of methoxy groups -OCH3 is 3. The number of ether oxygens (including phenoxy) is 5. The lowest BCUT2D eigenvalue weighted by molar-refractivity contribution is 0.144. The van der Waals surface area contributed by atoms with Crippen molar-refractivity contribution in [2.75, 3.05) is 47.8 Å². The van der Waals surface area contributed by atoms with Gasteiger partial charge in [-0.05, 0) is 114 Å². The van der Waals surface area contributed by atoms with Crippen LogP contribution in [0.2, 0.25) is 0 Å². The number of pyridine rings is 1. The maximum atomic E-state index is 14.5. The molecule has 3 fully saturated rings. The fourth-order valence-corrected chi connectivity index (χ4v) is 14.4. The number of benzene rings is 2. The van der Waals surface area contributed by atoms with Crippen molar-refractivity contribution in [2.45, 2.75) is 121 Å². The van der Waals surface area contributed by atoms with Gasteiger partial charge in [-0.15, -0.1) is 30.6 Å². The number of hydrogen-bond acceptors (Lipinski definition) is 21. The summed E-state index contributed by atoms with van der Waals surface area (Å²) in [6, 6.07) is 11.5. The molecule has 3 aliphatic rings. The van der Waals surface area contributed by atoms with Crippen LogP contribution in [0.4, 0.5) is 8.78 Å². The zero-order valence-corrected chi connectivity index (χ0v) is 59.0. The Balaban J connectivity index is 0.000000137. The fraction of sp³-hybridized carbons (Fsp3) is 0.500. The summed E-state index contributed by atoms with van der Waals surface area (Å²) >= 11 is 0. The number of imidazole rings is 3. The lowest BCUT2D eigenvalue weighted by Crippen LogP contribution is -2.27. The lowest BCUT2D eigenvalue weighted by atomic mass is 9.82. The molecule has 0 atom stereocenters. The first-order valence-corrected chi connectivity index (χ1v) is 34.4. The molecular formula is C70H85F2N19O11. The van der Waals surface area contributed by atoms with Gasteiger partial charge in [-0.25, -0.2) is 23.2 Å². The van der Waals surface area contributed by atoms with E-state index in [4.69, 9.17) is 36.9 Å².